The fourth-order valence-corrected chi connectivity index (χ4v) is 2.31. The van der Waals surface area contributed by atoms with Crippen LogP contribution in [0.3, 0.4) is 0 Å². The van der Waals surface area contributed by atoms with E-state index >= 15 is 0 Å². The summed E-state index contributed by atoms with van der Waals surface area (Å²) in [6.07, 6.45) is -3.37. The van der Waals surface area contributed by atoms with E-state index in [2.05, 4.69) is 0 Å². The number of thiophene rings is 1. The van der Waals surface area contributed by atoms with Crippen LogP contribution in [-0.2, 0) is 6.18 Å². The van der Waals surface area contributed by atoms with Gasteiger partial charge in [0.2, 0.25) is 6.20 Å². The molecule has 2 aromatic rings. The summed E-state index contributed by atoms with van der Waals surface area (Å²) < 4.78 is 37.7. The Balaban J connectivity index is 2.40. The minimum Gasteiger partial charge on any atom is -0.473 e. The quantitative estimate of drug-likeness (QED) is 0.660. The van der Waals surface area contributed by atoms with E-state index in [9.17, 15) is 23.2 Å². The summed E-state index contributed by atoms with van der Waals surface area (Å²) in [5.74, 6) is -1.34. The van der Waals surface area contributed by atoms with E-state index in [1.807, 2.05) is 0 Å². The molecule has 2 heterocycles. The highest BCUT2D eigenvalue weighted by atomic mass is 32.1. The smallest absolute Gasteiger partial charge is 0.425 e. The maximum Gasteiger partial charge on any atom is 0.425 e. The van der Waals surface area contributed by atoms with E-state index in [0.717, 1.165) is 18.3 Å². The lowest BCUT2D eigenvalue weighted by molar-refractivity contribution is -0.905. The minimum atomic E-state index is -4.42. The van der Waals surface area contributed by atoms with Gasteiger partial charge < -0.3 is 5.11 Å². The molecule has 0 amide bonds. The topological polar surface area (TPSA) is 61.4 Å². The first-order chi connectivity index (χ1) is 8.79. The van der Waals surface area contributed by atoms with Gasteiger partial charge in [-0.2, -0.15) is 13.2 Å². The van der Waals surface area contributed by atoms with Crippen LogP contribution in [0.2, 0.25) is 0 Å². The molecule has 0 aromatic carbocycles. The molecule has 0 unspecified atom stereocenters. The van der Waals surface area contributed by atoms with Gasteiger partial charge in [-0.05, 0) is 18.2 Å². The first kappa shape index (κ1) is 13.3. The molecular formula is C11H7F3NO3S+. The summed E-state index contributed by atoms with van der Waals surface area (Å²) in [4.78, 5) is 10.2. The second kappa shape index (κ2) is 4.54. The van der Waals surface area contributed by atoms with Gasteiger partial charge in [-0.25, -0.2) is 4.79 Å². The molecule has 0 aliphatic rings. The molecule has 0 fully saturated rings. The Morgan fingerprint density at radius 3 is 2.37 bits per heavy atom. The fourth-order valence-electron chi connectivity index (χ4n) is 1.45. The predicted octanol–water partition coefficient (Wildman–Crippen LogP) is 2.66. The van der Waals surface area contributed by atoms with Gasteiger partial charge in [0, 0.05) is 15.7 Å². The van der Waals surface area contributed by atoms with Gasteiger partial charge in [-0.1, -0.05) is 0 Å². The van der Waals surface area contributed by atoms with Crippen LogP contribution in [0.5, 0.6) is 0 Å². The third kappa shape index (κ3) is 2.68. The van der Waals surface area contributed by atoms with E-state index < -0.39 is 17.0 Å². The molecule has 0 aliphatic heterocycles. The Kier molecular flexibility index (Phi) is 3.19. The van der Waals surface area contributed by atoms with Crippen LogP contribution in [0.4, 0.5) is 13.2 Å². The number of aromatic nitrogens is 1. The van der Waals surface area contributed by atoms with E-state index in [4.69, 9.17) is 5.11 Å². The number of carbonyl (C=O) groups is 1. The van der Waals surface area contributed by atoms with Crippen LogP contribution >= 0.6 is 11.3 Å². The summed E-state index contributed by atoms with van der Waals surface area (Å²) in [6.45, 7) is 0. The van der Waals surface area contributed by atoms with Gasteiger partial charge in [0.05, 0.1) is 5.56 Å². The predicted molar refractivity (Wildman–Crippen MR) is 59.1 cm³/mol. The molecule has 4 nitrogen and oxygen atoms in total. The number of nitrogens with zero attached hydrogens (tertiary/aromatic N) is 1. The van der Waals surface area contributed by atoms with E-state index in [-0.39, 0.29) is 10.6 Å². The largest absolute Gasteiger partial charge is 0.473 e. The zero-order valence-corrected chi connectivity index (χ0v) is 10.00. The monoisotopic (exact) mass is 290 g/mol. The molecule has 8 heteroatoms. The molecule has 2 rings (SSSR count). The van der Waals surface area contributed by atoms with Crippen molar-refractivity contribution >= 4 is 17.3 Å². The molecule has 0 spiro atoms. The maximum absolute atomic E-state index is 12.4. The highest BCUT2D eigenvalue weighted by Gasteiger charge is 2.32. The van der Waals surface area contributed by atoms with Crippen LogP contribution in [0, 0.1) is 0 Å². The second-order valence-corrected chi connectivity index (χ2v) is 4.70. The zero-order chi connectivity index (χ0) is 14.2. The highest BCUT2D eigenvalue weighted by molar-refractivity contribution is 7.15. The van der Waals surface area contributed by atoms with Crippen LogP contribution in [0.15, 0.2) is 30.5 Å². The van der Waals surface area contributed by atoms with E-state index in [1.165, 1.54) is 12.1 Å². The van der Waals surface area contributed by atoms with Crippen molar-refractivity contribution in [3.63, 3.8) is 0 Å². The van der Waals surface area contributed by atoms with Crippen molar-refractivity contribution in [3.05, 3.63) is 41.0 Å². The maximum atomic E-state index is 12.4. The van der Waals surface area contributed by atoms with Crippen molar-refractivity contribution in [2.45, 2.75) is 6.18 Å². The Morgan fingerprint density at radius 2 is 1.89 bits per heavy atom. The van der Waals surface area contributed by atoms with Crippen molar-refractivity contribution in [3.8, 4) is 10.4 Å². The molecule has 2 N–H and O–H groups in total. The second-order valence-electron chi connectivity index (χ2n) is 3.61. The van der Waals surface area contributed by atoms with Crippen molar-refractivity contribution in [1.82, 2.24) is 0 Å². The van der Waals surface area contributed by atoms with Crippen LogP contribution < -0.4 is 4.73 Å². The lowest BCUT2D eigenvalue weighted by atomic mass is 10.2. The SMILES string of the molecule is O=C(O)c1ccc(-c2ccc(C(F)(F)F)s2)c[n+]1O. The standard InChI is InChI=1S/C11H6F3NO3S/c12-11(13,14)9-4-3-8(19-9)6-1-2-7(10(16)17)15(18)5-6/h1-5H,(H-,16,17,18)/p+1. The van der Waals surface area contributed by atoms with E-state index in [1.54, 1.807) is 0 Å². The average Bonchev–Trinajstić information content (AvgIpc) is 2.76. The number of carboxylic acids is 1. The van der Waals surface area contributed by atoms with Gasteiger partial charge >= 0.3 is 17.8 Å². The summed E-state index contributed by atoms with van der Waals surface area (Å²) in [5.41, 5.74) is -0.0793. The van der Waals surface area contributed by atoms with Crippen LogP contribution in [0.25, 0.3) is 10.4 Å². The Bertz CT molecular complexity index is 636. The number of aromatic carboxylic acids is 1. The molecule has 0 aliphatic carbocycles. The van der Waals surface area contributed by atoms with Gasteiger partial charge in [-0.15, -0.1) is 11.3 Å². The van der Waals surface area contributed by atoms with E-state index in [0.29, 0.717) is 21.6 Å². The lowest BCUT2D eigenvalue weighted by Gasteiger charge is -2.00. The molecule has 0 saturated heterocycles. The highest BCUT2D eigenvalue weighted by Crippen LogP contribution is 2.37. The normalized spacial score (nSPS) is 11.5. The van der Waals surface area contributed by atoms with Crippen LogP contribution in [-0.4, -0.2) is 16.3 Å². The first-order valence-electron chi connectivity index (χ1n) is 4.94. The van der Waals surface area contributed by atoms with Gasteiger partial charge in [0.25, 0.3) is 0 Å². The number of hydrogen-bond acceptors (Lipinski definition) is 3. The Morgan fingerprint density at radius 1 is 1.21 bits per heavy atom. The Hall–Kier alpha value is -2.09. The number of halogens is 3. The lowest BCUT2D eigenvalue weighted by Crippen LogP contribution is -2.37. The van der Waals surface area contributed by atoms with Gasteiger partial charge in [-0.3, -0.25) is 5.21 Å². The third-order valence-electron chi connectivity index (χ3n) is 2.32. The third-order valence-corrected chi connectivity index (χ3v) is 3.50. The zero-order valence-electron chi connectivity index (χ0n) is 9.18. The number of rotatable bonds is 2. The average molecular weight is 290 g/mol. The molecule has 0 saturated carbocycles. The van der Waals surface area contributed by atoms with Crippen molar-refractivity contribution < 1.29 is 33.0 Å². The number of hydrogen-bond donors (Lipinski definition) is 2. The number of alkyl halides is 3. The fraction of sp³-hybridized carbons (Fsp3) is 0.0909. The molecule has 19 heavy (non-hydrogen) atoms. The summed E-state index contributed by atoms with van der Waals surface area (Å²) in [7, 11) is 0. The molecule has 0 atom stereocenters. The van der Waals surface area contributed by atoms with Crippen molar-refractivity contribution in [2.24, 2.45) is 0 Å². The molecular weight excluding hydrogens is 283 g/mol. The van der Waals surface area contributed by atoms with Gasteiger partial charge in [0.1, 0.15) is 4.88 Å². The summed E-state index contributed by atoms with van der Waals surface area (Å²) >= 11 is 0.519. The molecule has 0 bridgehead atoms. The number of pyridine rings is 1. The first-order valence-corrected chi connectivity index (χ1v) is 5.76. The van der Waals surface area contributed by atoms with Crippen molar-refractivity contribution in [1.29, 1.82) is 0 Å². The molecule has 2 aromatic heterocycles. The molecule has 100 valence electrons. The van der Waals surface area contributed by atoms with Crippen LogP contribution in [0.1, 0.15) is 15.4 Å². The van der Waals surface area contributed by atoms with Crippen molar-refractivity contribution in [2.75, 3.05) is 0 Å². The summed E-state index contributed by atoms with van der Waals surface area (Å²) in [6, 6.07) is 4.66. The minimum absolute atomic E-state index is 0.284. The molecule has 0 radical (unpaired) electrons. The number of carboxylic acid groups (broad SMARTS) is 1. The van der Waals surface area contributed by atoms with Gasteiger partial charge in [0.15, 0.2) is 0 Å². The Labute approximate surface area is 108 Å². The summed E-state index contributed by atoms with van der Waals surface area (Å²) in [5, 5.41) is 18.1.